The van der Waals surface area contributed by atoms with Gasteiger partial charge in [0, 0.05) is 32.7 Å². The first-order chi connectivity index (χ1) is 14.2. The molecule has 2 fully saturated rings. The summed E-state index contributed by atoms with van der Waals surface area (Å²) in [6, 6.07) is 6.68. The van der Waals surface area contributed by atoms with E-state index in [1.54, 1.807) is 7.11 Å². The molecule has 0 radical (unpaired) electrons. The average Bonchev–Trinajstić information content (AvgIpc) is 3.26. The lowest BCUT2D eigenvalue weighted by molar-refractivity contribution is 0.200. The topological polar surface area (TPSA) is 58.1 Å². The maximum atomic E-state index is 6.22. The van der Waals surface area contributed by atoms with Crippen LogP contribution in [-0.4, -0.2) is 56.8 Å². The number of nitrogens with zero attached hydrogens (tertiary/aromatic N) is 2. The van der Waals surface area contributed by atoms with E-state index in [2.05, 4.69) is 39.6 Å². The van der Waals surface area contributed by atoms with E-state index in [4.69, 9.17) is 9.47 Å². The van der Waals surface area contributed by atoms with Crippen LogP contribution in [0.3, 0.4) is 0 Å². The monoisotopic (exact) mass is 530 g/mol. The molecule has 1 aliphatic heterocycles. The highest BCUT2D eigenvalue weighted by molar-refractivity contribution is 14.0. The van der Waals surface area contributed by atoms with Gasteiger partial charge in [-0.1, -0.05) is 13.0 Å². The average molecular weight is 530 g/mol. The Morgan fingerprint density at radius 1 is 1.13 bits per heavy atom. The van der Waals surface area contributed by atoms with Gasteiger partial charge in [-0.05, 0) is 69.2 Å². The van der Waals surface area contributed by atoms with E-state index in [-0.39, 0.29) is 24.0 Å². The molecule has 1 saturated carbocycles. The number of rotatable bonds is 8. The van der Waals surface area contributed by atoms with E-state index in [1.165, 1.54) is 57.3 Å². The molecule has 1 aromatic carbocycles. The maximum Gasteiger partial charge on any atom is 0.191 e. The molecule has 0 atom stereocenters. The fourth-order valence-electron chi connectivity index (χ4n) is 4.30. The summed E-state index contributed by atoms with van der Waals surface area (Å²) in [4.78, 5) is 6.97. The zero-order valence-corrected chi connectivity index (χ0v) is 21.1. The van der Waals surface area contributed by atoms with Crippen LogP contribution in [0.5, 0.6) is 11.5 Å². The zero-order chi connectivity index (χ0) is 20.5. The van der Waals surface area contributed by atoms with Crippen LogP contribution in [0, 0.1) is 0 Å². The summed E-state index contributed by atoms with van der Waals surface area (Å²) >= 11 is 0. The fraction of sp³-hybridized carbons (Fsp3) is 0.696. The molecule has 30 heavy (non-hydrogen) atoms. The minimum atomic E-state index is 0. The molecule has 0 unspecified atom stereocenters. The number of halogens is 1. The van der Waals surface area contributed by atoms with Gasteiger partial charge in [0.05, 0.1) is 13.2 Å². The molecule has 3 rings (SSSR count). The standard InChI is InChI=1S/C23H38N4O2.HI/c1-4-13-27-14-11-19(12-15-27)26-23(24-2)25-17-18-9-10-21(28-3)22(16-18)29-20-7-5-6-8-20;/h9-10,16,19-20H,4-8,11-15,17H2,1-3H3,(H2,24,25,26);1H. The minimum Gasteiger partial charge on any atom is -0.493 e. The number of methoxy groups -OCH3 is 1. The number of ether oxygens (including phenoxy) is 2. The van der Waals surface area contributed by atoms with Gasteiger partial charge >= 0.3 is 0 Å². The molecule has 2 N–H and O–H groups in total. The summed E-state index contributed by atoms with van der Waals surface area (Å²) in [7, 11) is 3.54. The van der Waals surface area contributed by atoms with Gasteiger partial charge in [-0.3, -0.25) is 4.99 Å². The van der Waals surface area contributed by atoms with Crippen molar-refractivity contribution in [3.05, 3.63) is 23.8 Å². The lowest BCUT2D eigenvalue weighted by atomic mass is 10.1. The highest BCUT2D eigenvalue weighted by Gasteiger charge is 2.20. The summed E-state index contributed by atoms with van der Waals surface area (Å²) in [6.07, 6.45) is 8.68. The number of guanidine groups is 1. The van der Waals surface area contributed by atoms with Crippen LogP contribution in [0.2, 0.25) is 0 Å². The van der Waals surface area contributed by atoms with Crippen molar-refractivity contribution in [2.24, 2.45) is 4.99 Å². The number of nitrogens with one attached hydrogen (secondary N) is 2. The molecule has 1 aromatic rings. The SMILES string of the molecule is CCCN1CCC(NC(=NC)NCc2ccc(OC)c(OC3CCCC3)c2)CC1.I. The third-order valence-corrected chi connectivity index (χ3v) is 5.98. The second-order valence-corrected chi connectivity index (χ2v) is 8.20. The van der Waals surface area contributed by atoms with Crippen molar-refractivity contribution in [2.75, 3.05) is 33.8 Å². The van der Waals surface area contributed by atoms with Crippen molar-refractivity contribution in [1.82, 2.24) is 15.5 Å². The van der Waals surface area contributed by atoms with Crippen LogP contribution in [0.15, 0.2) is 23.2 Å². The molecule has 0 aromatic heterocycles. The lowest BCUT2D eigenvalue weighted by Crippen LogP contribution is -2.48. The predicted octanol–water partition coefficient (Wildman–Crippen LogP) is 4.17. The van der Waals surface area contributed by atoms with Crippen LogP contribution in [0.4, 0.5) is 0 Å². The van der Waals surface area contributed by atoms with E-state index >= 15 is 0 Å². The van der Waals surface area contributed by atoms with Gasteiger partial charge in [0.1, 0.15) is 0 Å². The van der Waals surface area contributed by atoms with Crippen molar-refractivity contribution in [2.45, 2.75) is 70.6 Å². The maximum absolute atomic E-state index is 6.22. The highest BCUT2D eigenvalue weighted by Crippen LogP contribution is 2.32. The van der Waals surface area contributed by atoms with Crippen LogP contribution >= 0.6 is 24.0 Å². The second-order valence-electron chi connectivity index (χ2n) is 8.20. The van der Waals surface area contributed by atoms with E-state index < -0.39 is 0 Å². The quantitative estimate of drug-likeness (QED) is 0.300. The lowest BCUT2D eigenvalue weighted by Gasteiger charge is -2.32. The summed E-state index contributed by atoms with van der Waals surface area (Å²) < 4.78 is 11.7. The van der Waals surface area contributed by atoms with Crippen molar-refractivity contribution in [3.8, 4) is 11.5 Å². The smallest absolute Gasteiger partial charge is 0.191 e. The van der Waals surface area contributed by atoms with Gasteiger partial charge in [0.2, 0.25) is 0 Å². The molecule has 1 saturated heterocycles. The molecular formula is C23H39IN4O2. The van der Waals surface area contributed by atoms with E-state index in [1.807, 2.05) is 13.1 Å². The molecule has 0 bridgehead atoms. The van der Waals surface area contributed by atoms with E-state index in [0.717, 1.165) is 30.3 Å². The third-order valence-electron chi connectivity index (χ3n) is 5.98. The molecule has 6 nitrogen and oxygen atoms in total. The largest absolute Gasteiger partial charge is 0.493 e. The van der Waals surface area contributed by atoms with Crippen molar-refractivity contribution < 1.29 is 9.47 Å². The van der Waals surface area contributed by atoms with Crippen molar-refractivity contribution in [1.29, 1.82) is 0 Å². The van der Waals surface area contributed by atoms with Crippen LogP contribution in [0.1, 0.15) is 57.4 Å². The van der Waals surface area contributed by atoms with E-state index in [0.29, 0.717) is 18.7 Å². The predicted molar refractivity (Wildman–Crippen MR) is 134 cm³/mol. The first-order valence-electron chi connectivity index (χ1n) is 11.2. The fourth-order valence-corrected chi connectivity index (χ4v) is 4.30. The minimum absolute atomic E-state index is 0. The zero-order valence-electron chi connectivity index (χ0n) is 18.8. The summed E-state index contributed by atoms with van der Waals surface area (Å²) in [5.41, 5.74) is 1.17. The van der Waals surface area contributed by atoms with Crippen LogP contribution in [-0.2, 0) is 6.54 Å². The van der Waals surface area contributed by atoms with Crippen LogP contribution < -0.4 is 20.1 Å². The molecule has 1 aliphatic carbocycles. The molecule has 0 amide bonds. The molecule has 7 heteroatoms. The van der Waals surface area contributed by atoms with Gasteiger partial charge in [-0.15, -0.1) is 24.0 Å². The number of benzene rings is 1. The second kappa shape index (κ2) is 13.2. The van der Waals surface area contributed by atoms with Crippen LogP contribution in [0.25, 0.3) is 0 Å². The molecule has 2 aliphatic rings. The molecule has 170 valence electrons. The van der Waals surface area contributed by atoms with Crippen molar-refractivity contribution >= 4 is 29.9 Å². The number of hydrogen-bond acceptors (Lipinski definition) is 4. The third kappa shape index (κ3) is 7.48. The molecular weight excluding hydrogens is 491 g/mol. The number of aliphatic imine (C=N–C) groups is 1. The van der Waals surface area contributed by atoms with Gasteiger partial charge in [0.15, 0.2) is 17.5 Å². The number of likely N-dealkylation sites (tertiary alicyclic amines) is 1. The summed E-state index contributed by atoms with van der Waals surface area (Å²) in [6.45, 7) is 6.51. The Morgan fingerprint density at radius 3 is 2.50 bits per heavy atom. The van der Waals surface area contributed by atoms with Gasteiger partial charge in [-0.25, -0.2) is 0 Å². The van der Waals surface area contributed by atoms with Gasteiger partial charge in [0.25, 0.3) is 0 Å². The Balaban J connectivity index is 0.00000320. The van der Waals surface area contributed by atoms with Gasteiger partial charge in [-0.2, -0.15) is 0 Å². The van der Waals surface area contributed by atoms with Gasteiger partial charge < -0.3 is 25.0 Å². The molecule has 1 heterocycles. The molecule has 0 spiro atoms. The Kier molecular flexibility index (Phi) is 11.1. The number of piperidine rings is 1. The summed E-state index contributed by atoms with van der Waals surface area (Å²) in [5.74, 6) is 2.53. The first-order valence-corrected chi connectivity index (χ1v) is 11.2. The Bertz CT molecular complexity index is 657. The Hall–Kier alpha value is -1.22. The Morgan fingerprint density at radius 2 is 1.87 bits per heavy atom. The normalized spacial score (nSPS) is 18.7. The number of hydrogen-bond donors (Lipinski definition) is 2. The Labute approximate surface area is 199 Å². The van der Waals surface area contributed by atoms with E-state index in [9.17, 15) is 0 Å². The highest BCUT2D eigenvalue weighted by atomic mass is 127. The summed E-state index contributed by atoms with van der Waals surface area (Å²) in [5, 5.41) is 7.05. The van der Waals surface area contributed by atoms with Crippen molar-refractivity contribution in [3.63, 3.8) is 0 Å². The first kappa shape index (κ1) is 25.0.